The first kappa shape index (κ1) is 12.9. The van der Waals surface area contributed by atoms with Crippen LogP contribution in [0.2, 0.25) is 0 Å². The molecule has 2 aromatic rings. The Morgan fingerprint density at radius 3 is 2.75 bits per heavy atom. The SMILES string of the molecule is OC1c2ccccc2OCC1Oc1cccc(F)c1F. The average molecular weight is 278 g/mol. The molecule has 0 saturated heterocycles. The zero-order valence-corrected chi connectivity index (χ0v) is 10.4. The van der Waals surface area contributed by atoms with Crippen LogP contribution in [0.1, 0.15) is 11.7 Å². The van der Waals surface area contributed by atoms with Gasteiger partial charge in [0.15, 0.2) is 17.7 Å². The van der Waals surface area contributed by atoms with Crippen LogP contribution in [-0.4, -0.2) is 17.8 Å². The maximum Gasteiger partial charge on any atom is 0.200 e. The van der Waals surface area contributed by atoms with Gasteiger partial charge in [-0.15, -0.1) is 0 Å². The summed E-state index contributed by atoms with van der Waals surface area (Å²) in [6.07, 6.45) is -1.75. The second-order valence-electron chi connectivity index (χ2n) is 4.50. The number of halogens is 2. The Labute approximate surface area is 114 Å². The fourth-order valence-corrected chi connectivity index (χ4v) is 2.16. The van der Waals surface area contributed by atoms with Crippen molar-refractivity contribution >= 4 is 0 Å². The number of hydrogen-bond donors (Lipinski definition) is 1. The van der Waals surface area contributed by atoms with Crippen LogP contribution >= 0.6 is 0 Å². The molecule has 104 valence electrons. The van der Waals surface area contributed by atoms with Gasteiger partial charge in [-0.05, 0) is 18.2 Å². The van der Waals surface area contributed by atoms with Crippen molar-refractivity contribution in [2.24, 2.45) is 0 Å². The maximum absolute atomic E-state index is 13.6. The second-order valence-corrected chi connectivity index (χ2v) is 4.50. The third-order valence-electron chi connectivity index (χ3n) is 3.19. The molecule has 2 aromatic carbocycles. The summed E-state index contributed by atoms with van der Waals surface area (Å²) < 4.78 is 37.5. The molecule has 1 aliphatic rings. The number of ether oxygens (including phenoxy) is 2. The van der Waals surface area contributed by atoms with E-state index in [-0.39, 0.29) is 12.4 Å². The Morgan fingerprint density at radius 1 is 1.10 bits per heavy atom. The van der Waals surface area contributed by atoms with Gasteiger partial charge in [0, 0.05) is 5.56 Å². The molecule has 0 spiro atoms. The summed E-state index contributed by atoms with van der Waals surface area (Å²) in [4.78, 5) is 0. The zero-order valence-electron chi connectivity index (χ0n) is 10.4. The van der Waals surface area contributed by atoms with Crippen LogP contribution in [-0.2, 0) is 0 Å². The fraction of sp³-hybridized carbons (Fsp3) is 0.200. The molecule has 3 nitrogen and oxygen atoms in total. The summed E-state index contributed by atoms with van der Waals surface area (Å²) in [5, 5.41) is 10.2. The molecule has 20 heavy (non-hydrogen) atoms. The minimum Gasteiger partial charge on any atom is -0.489 e. The van der Waals surface area contributed by atoms with Gasteiger partial charge in [0.25, 0.3) is 0 Å². The number of rotatable bonds is 2. The first-order chi connectivity index (χ1) is 9.66. The van der Waals surface area contributed by atoms with E-state index in [9.17, 15) is 13.9 Å². The summed E-state index contributed by atoms with van der Waals surface area (Å²) in [6, 6.07) is 10.7. The number of aliphatic hydroxyl groups excluding tert-OH is 1. The summed E-state index contributed by atoms with van der Waals surface area (Å²) in [5.74, 6) is -1.73. The van der Waals surface area contributed by atoms with Gasteiger partial charge in [-0.25, -0.2) is 4.39 Å². The Kier molecular flexibility index (Phi) is 3.28. The van der Waals surface area contributed by atoms with Gasteiger partial charge in [0.1, 0.15) is 18.5 Å². The lowest BCUT2D eigenvalue weighted by atomic mass is 10.0. The van der Waals surface area contributed by atoms with Crippen molar-refractivity contribution in [1.82, 2.24) is 0 Å². The highest BCUT2D eigenvalue weighted by atomic mass is 19.2. The molecule has 0 bridgehead atoms. The van der Waals surface area contributed by atoms with Crippen molar-refractivity contribution in [3.63, 3.8) is 0 Å². The highest BCUT2D eigenvalue weighted by molar-refractivity contribution is 5.38. The molecular formula is C15H12F2O3. The monoisotopic (exact) mass is 278 g/mol. The van der Waals surface area contributed by atoms with Gasteiger partial charge in [0.05, 0.1) is 0 Å². The highest BCUT2D eigenvalue weighted by Gasteiger charge is 2.31. The molecule has 1 heterocycles. The molecule has 0 saturated carbocycles. The van der Waals surface area contributed by atoms with Gasteiger partial charge in [-0.2, -0.15) is 4.39 Å². The van der Waals surface area contributed by atoms with Crippen LogP contribution in [0.25, 0.3) is 0 Å². The normalized spacial score (nSPS) is 20.9. The zero-order chi connectivity index (χ0) is 14.1. The number of fused-ring (bicyclic) bond motifs is 1. The Bertz CT molecular complexity index is 630. The van der Waals surface area contributed by atoms with E-state index in [0.29, 0.717) is 11.3 Å². The summed E-state index contributed by atoms with van der Waals surface area (Å²) in [7, 11) is 0. The van der Waals surface area contributed by atoms with Crippen LogP contribution in [0.3, 0.4) is 0 Å². The Morgan fingerprint density at radius 2 is 1.90 bits per heavy atom. The number of hydrogen-bond acceptors (Lipinski definition) is 3. The fourth-order valence-electron chi connectivity index (χ4n) is 2.16. The Hall–Kier alpha value is -2.14. The van der Waals surface area contributed by atoms with Crippen molar-refractivity contribution in [2.45, 2.75) is 12.2 Å². The maximum atomic E-state index is 13.6. The van der Waals surface area contributed by atoms with Crippen LogP contribution in [0.15, 0.2) is 42.5 Å². The lowest BCUT2D eigenvalue weighted by molar-refractivity contribution is -0.0123. The minimum absolute atomic E-state index is 0.0636. The van der Waals surface area contributed by atoms with E-state index in [1.165, 1.54) is 12.1 Å². The van der Waals surface area contributed by atoms with Crippen molar-refractivity contribution in [3.05, 3.63) is 59.7 Å². The van der Waals surface area contributed by atoms with E-state index in [0.717, 1.165) is 6.07 Å². The van der Waals surface area contributed by atoms with Gasteiger partial charge in [-0.3, -0.25) is 0 Å². The molecule has 3 rings (SSSR count). The molecule has 0 amide bonds. The molecule has 0 radical (unpaired) electrons. The Balaban J connectivity index is 1.85. The third-order valence-corrected chi connectivity index (χ3v) is 3.19. The van der Waals surface area contributed by atoms with E-state index >= 15 is 0 Å². The standard InChI is InChI=1S/C15H12F2O3/c16-10-5-3-7-12(14(10)17)20-13-8-19-11-6-2-1-4-9(11)15(13)18/h1-7,13,15,18H,8H2. The molecule has 5 heteroatoms. The molecule has 1 aliphatic heterocycles. The van der Waals surface area contributed by atoms with E-state index < -0.39 is 23.8 Å². The average Bonchev–Trinajstić information content (AvgIpc) is 2.47. The molecule has 0 fully saturated rings. The minimum atomic E-state index is -1.07. The lowest BCUT2D eigenvalue weighted by Gasteiger charge is -2.30. The van der Waals surface area contributed by atoms with Crippen molar-refractivity contribution in [2.75, 3.05) is 6.61 Å². The molecular weight excluding hydrogens is 266 g/mol. The van der Waals surface area contributed by atoms with Crippen LogP contribution < -0.4 is 9.47 Å². The van der Waals surface area contributed by atoms with Crippen LogP contribution in [0.5, 0.6) is 11.5 Å². The highest BCUT2D eigenvalue weighted by Crippen LogP contribution is 2.34. The van der Waals surface area contributed by atoms with Crippen molar-refractivity contribution in [3.8, 4) is 11.5 Å². The predicted octanol–water partition coefficient (Wildman–Crippen LogP) is 2.84. The number of benzene rings is 2. The van der Waals surface area contributed by atoms with Crippen molar-refractivity contribution < 1.29 is 23.4 Å². The van der Waals surface area contributed by atoms with Gasteiger partial charge < -0.3 is 14.6 Å². The summed E-state index contributed by atoms with van der Waals surface area (Å²) >= 11 is 0. The van der Waals surface area contributed by atoms with E-state index in [4.69, 9.17) is 9.47 Å². The third kappa shape index (κ3) is 2.20. The summed E-state index contributed by atoms with van der Waals surface area (Å²) in [6.45, 7) is 0.0636. The summed E-state index contributed by atoms with van der Waals surface area (Å²) in [5.41, 5.74) is 0.570. The topological polar surface area (TPSA) is 38.7 Å². The van der Waals surface area contributed by atoms with Gasteiger partial charge in [-0.1, -0.05) is 24.3 Å². The molecule has 1 N–H and O–H groups in total. The van der Waals surface area contributed by atoms with Crippen molar-refractivity contribution in [1.29, 1.82) is 0 Å². The lowest BCUT2D eigenvalue weighted by Crippen LogP contribution is -2.35. The first-order valence-electron chi connectivity index (χ1n) is 6.17. The number of aliphatic hydroxyl groups is 1. The predicted molar refractivity (Wildman–Crippen MR) is 67.7 cm³/mol. The van der Waals surface area contributed by atoms with Crippen LogP contribution in [0.4, 0.5) is 8.78 Å². The quantitative estimate of drug-likeness (QED) is 0.918. The smallest absolute Gasteiger partial charge is 0.200 e. The molecule has 2 unspecified atom stereocenters. The molecule has 0 aliphatic carbocycles. The molecule has 2 atom stereocenters. The second kappa shape index (κ2) is 5.09. The molecule has 0 aromatic heterocycles. The van der Waals surface area contributed by atoms with E-state index in [1.807, 2.05) is 0 Å². The van der Waals surface area contributed by atoms with E-state index in [1.54, 1.807) is 24.3 Å². The largest absolute Gasteiger partial charge is 0.489 e. The first-order valence-corrected chi connectivity index (χ1v) is 6.17. The van der Waals surface area contributed by atoms with Crippen LogP contribution in [0, 0.1) is 11.6 Å². The van der Waals surface area contributed by atoms with Gasteiger partial charge >= 0.3 is 0 Å². The van der Waals surface area contributed by atoms with Gasteiger partial charge in [0.2, 0.25) is 5.82 Å². The van der Waals surface area contributed by atoms with E-state index in [2.05, 4.69) is 0 Å². The number of para-hydroxylation sites is 1.